The summed E-state index contributed by atoms with van der Waals surface area (Å²) in [5.74, 6) is 0.346. The largest absolute Gasteiger partial charge is 0.476 e. The third kappa shape index (κ3) is 3.09. The van der Waals surface area contributed by atoms with Crippen molar-refractivity contribution < 1.29 is 14.6 Å². The van der Waals surface area contributed by atoms with E-state index < -0.39 is 5.97 Å². The minimum absolute atomic E-state index is 0.0814. The van der Waals surface area contributed by atoms with Crippen LogP contribution in [0.5, 0.6) is 11.5 Å². The molecule has 108 valence electrons. The van der Waals surface area contributed by atoms with Gasteiger partial charge in [-0.2, -0.15) is 0 Å². The number of para-hydroxylation sites is 1. The zero-order valence-electron chi connectivity index (χ0n) is 11.5. The highest BCUT2D eigenvalue weighted by Gasteiger charge is 2.08. The number of hydrogen-bond donors (Lipinski definition) is 1. The van der Waals surface area contributed by atoms with Crippen LogP contribution in [-0.2, 0) is 0 Å². The maximum Gasteiger partial charge on any atom is 0.356 e. The van der Waals surface area contributed by atoms with Gasteiger partial charge in [-0.1, -0.05) is 18.2 Å². The molecule has 0 aliphatic rings. The zero-order valence-corrected chi connectivity index (χ0v) is 11.5. The van der Waals surface area contributed by atoms with Crippen LogP contribution in [0.4, 0.5) is 0 Å². The van der Waals surface area contributed by atoms with Crippen molar-refractivity contribution in [2.75, 3.05) is 0 Å². The maximum atomic E-state index is 10.9. The number of carbonyl (C=O) groups is 1. The number of rotatable bonds is 4. The highest BCUT2D eigenvalue weighted by Crippen LogP contribution is 2.24. The van der Waals surface area contributed by atoms with Gasteiger partial charge in [0.2, 0.25) is 0 Å². The number of benzene rings is 2. The number of carboxylic acid groups (broad SMARTS) is 1. The quantitative estimate of drug-likeness (QED) is 0.795. The van der Waals surface area contributed by atoms with Crippen LogP contribution in [0.2, 0.25) is 0 Å². The van der Waals surface area contributed by atoms with Gasteiger partial charge < -0.3 is 9.84 Å². The van der Waals surface area contributed by atoms with Crippen molar-refractivity contribution in [1.29, 1.82) is 0 Å². The fourth-order valence-corrected chi connectivity index (χ4v) is 1.93. The molecule has 0 radical (unpaired) electrons. The molecule has 3 aromatic rings. The molecule has 5 heteroatoms. The summed E-state index contributed by atoms with van der Waals surface area (Å²) >= 11 is 0. The molecule has 0 bridgehead atoms. The Hall–Kier alpha value is -3.21. The Morgan fingerprint density at radius 1 is 0.909 bits per heavy atom. The molecule has 0 saturated heterocycles. The van der Waals surface area contributed by atoms with Crippen molar-refractivity contribution in [2.45, 2.75) is 0 Å². The number of aromatic nitrogens is 2. The Balaban J connectivity index is 1.82. The number of nitrogens with zero attached hydrogens (tertiary/aromatic N) is 2. The standard InChI is InChI=1S/C17H12N2O3/c20-17(21)16-11-18-10-15(19-16)12-6-8-14(9-7-12)22-13-4-2-1-3-5-13/h1-11H,(H,20,21). The van der Waals surface area contributed by atoms with Crippen molar-refractivity contribution in [1.82, 2.24) is 9.97 Å². The number of carboxylic acids is 1. The van der Waals surface area contributed by atoms with E-state index in [2.05, 4.69) is 9.97 Å². The number of aromatic carboxylic acids is 1. The van der Waals surface area contributed by atoms with Gasteiger partial charge in [0.25, 0.3) is 0 Å². The predicted molar refractivity (Wildman–Crippen MR) is 80.9 cm³/mol. The van der Waals surface area contributed by atoms with Crippen LogP contribution in [0.15, 0.2) is 67.0 Å². The summed E-state index contributed by atoms with van der Waals surface area (Å²) in [4.78, 5) is 18.9. The molecule has 2 aromatic carbocycles. The van der Waals surface area contributed by atoms with Crippen molar-refractivity contribution in [3.8, 4) is 22.8 Å². The summed E-state index contributed by atoms with van der Waals surface area (Å²) in [5.41, 5.74) is 1.20. The first-order valence-corrected chi connectivity index (χ1v) is 6.61. The second-order valence-electron chi connectivity index (χ2n) is 4.53. The van der Waals surface area contributed by atoms with Crippen LogP contribution in [0.3, 0.4) is 0 Å². The lowest BCUT2D eigenvalue weighted by Gasteiger charge is -2.06. The first-order valence-electron chi connectivity index (χ1n) is 6.61. The van der Waals surface area contributed by atoms with E-state index >= 15 is 0 Å². The molecule has 0 aliphatic heterocycles. The lowest BCUT2D eigenvalue weighted by Crippen LogP contribution is -2.01. The predicted octanol–water partition coefficient (Wildman–Crippen LogP) is 3.63. The summed E-state index contributed by atoms with van der Waals surface area (Å²) in [5, 5.41) is 8.94. The van der Waals surface area contributed by atoms with E-state index in [4.69, 9.17) is 9.84 Å². The SMILES string of the molecule is O=C(O)c1cncc(-c2ccc(Oc3ccccc3)cc2)n1. The number of hydrogen-bond acceptors (Lipinski definition) is 4. The van der Waals surface area contributed by atoms with E-state index in [9.17, 15) is 4.79 Å². The molecular weight excluding hydrogens is 280 g/mol. The fourth-order valence-electron chi connectivity index (χ4n) is 1.93. The van der Waals surface area contributed by atoms with Crippen LogP contribution < -0.4 is 4.74 Å². The van der Waals surface area contributed by atoms with Crippen molar-refractivity contribution in [3.63, 3.8) is 0 Å². The summed E-state index contributed by atoms with van der Waals surface area (Å²) < 4.78 is 5.70. The Morgan fingerprint density at radius 2 is 1.59 bits per heavy atom. The summed E-state index contributed by atoms with van der Waals surface area (Å²) in [6.07, 6.45) is 2.75. The van der Waals surface area contributed by atoms with E-state index in [-0.39, 0.29) is 5.69 Å². The zero-order chi connectivity index (χ0) is 15.4. The van der Waals surface area contributed by atoms with Gasteiger partial charge in [-0.15, -0.1) is 0 Å². The molecule has 0 atom stereocenters. The van der Waals surface area contributed by atoms with E-state index in [0.29, 0.717) is 11.4 Å². The molecule has 0 unspecified atom stereocenters. The third-order valence-corrected chi connectivity index (χ3v) is 2.98. The monoisotopic (exact) mass is 292 g/mol. The molecule has 0 spiro atoms. The first kappa shape index (κ1) is 13.8. The molecule has 3 rings (SSSR count). The van der Waals surface area contributed by atoms with Crippen molar-refractivity contribution >= 4 is 5.97 Å². The van der Waals surface area contributed by atoms with Gasteiger partial charge in [0.1, 0.15) is 11.5 Å². The lowest BCUT2D eigenvalue weighted by atomic mass is 10.1. The van der Waals surface area contributed by atoms with E-state index in [1.165, 1.54) is 12.4 Å². The van der Waals surface area contributed by atoms with Crippen LogP contribution in [-0.4, -0.2) is 21.0 Å². The van der Waals surface area contributed by atoms with E-state index in [1.807, 2.05) is 42.5 Å². The van der Waals surface area contributed by atoms with Gasteiger partial charge in [-0.3, -0.25) is 4.98 Å². The van der Waals surface area contributed by atoms with Crippen molar-refractivity contribution in [2.24, 2.45) is 0 Å². The van der Waals surface area contributed by atoms with Gasteiger partial charge in [0.05, 0.1) is 18.1 Å². The number of ether oxygens (including phenoxy) is 1. The van der Waals surface area contributed by atoms with Crippen LogP contribution in [0.1, 0.15) is 10.5 Å². The third-order valence-electron chi connectivity index (χ3n) is 2.98. The molecule has 1 aromatic heterocycles. The smallest absolute Gasteiger partial charge is 0.356 e. The topological polar surface area (TPSA) is 72.3 Å². The molecule has 0 saturated carbocycles. The van der Waals surface area contributed by atoms with Crippen LogP contribution in [0.25, 0.3) is 11.3 Å². The second kappa shape index (κ2) is 6.05. The Bertz CT molecular complexity index is 787. The highest BCUT2D eigenvalue weighted by molar-refractivity contribution is 5.85. The highest BCUT2D eigenvalue weighted by atomic mass is 16.5. The maximum absolute atomic E-state index is 10.9. The van der Waals surface area contributed by atoms with Gasteiger partial charge in [0.15, 0.2) is 5.69 Å². The van der Waals surface area contributed by atoms with E-state index in [0.717, 1.165) is 11.3 Å². The average Bonchev–Trinajstić information content (AvgIpc) is 2.56. The van der Waals surface area contributed by atoms with Crippen molar-refractivity contribution in [3.05, 3.63) is 72.7 Å². The molecule has 1 N–H and O–H groups in total. The molecule has 22 heavy (non-hydrogen) atoms. The summed E-state index contributed by atoms with van der Waals surface area (Å²) in [6, 6.07) is 16.7. The second-order valence-corrected chi connectivity index (χ2v) is 4.53. The summed E-state index contributed by atoms with van der Waals surface area (Å²) in [7, 11) is 0. The Labute approximate surface area is 126 Å². The first-order chi connectivity index (χ1) is 10.7. The molecule has 0 aliphatic carbocycles. The lowest BCUT2D eigenvalue weighted by molar-refractivity contribution is 0.0690. The average molecular weight is 292 g/mol. The molecule has 5 nitrogen and oxygen atoms in total. The minimum Gasteiger partial charge on any atom is -0.476 e. The van der Waals surface area contributed by atoms with Gasteiger partial charge in [0, 0.05) is 5.56 Å². The minimum atomic E-state index is -1.10. The van der Waals surface area contributed by atoms with Gasteiger partial charge in [-0.25, -0.2) is 9.78 Å². The Kier molecular flexibility index (Phi) is 3.78. The normalized spacial score (nSPS) is 10.2. The fraction of sp³-hybridized carbons (Fsp3) is 0. The van der Waals surface area contributed by atoms with Crippen LogP contribution in [0, 0.1) is 0 Å². The van der Waals surface area contributed by atoms with Crippen LogP contribution >= 0.6 is 0 Å². The molecule has 1 heterocycles. The van der Waals surface area contributed by atoms with Gasteiger partial charge >= 0.3 is 5.97 Å². The summed E-state index contributed by atoms with van der Waals surface area (Å²) in [6.45, 7) is 0. The Morgan fingerprint density at radius 3 is 2.27 bits per heavy atom. The molecule has 0 amide bonds. The van der Waals surface area contributed by atoms with E-state index in [1.54, 1.807) is 12.1 Å². The molecular formula is C17H12N2O3. The van der Waals surface area contributed by atoms with Gasteiger partial charge in [-0.05, 0) is 36.4 Å². The molecule has 0 fully saturated rings.